The third-order valence-corrected chi connectivity index (χ3v) is 10.1. The Labute approximate surface area is 242 Å². The van der Waals surface area contributed by atoms with Crippen molar-refractivity contribution in [1.82, 2.24) is 29.4 Å². The van der Waals surface area contributed by atoms with Crippen LogP contribution in [-0.4, -0.2) is 115 Å². The second-order valence-electron chi connectivity index (χ2n) is 9.84. The monoisotopic (exact) mass is 623 g/mol. The molecule has 2 N–H and O–H groups in total. The highest BCUT2D eigenvalue weighted by atomic mass is 32.2. The summed E-state index contributed by atoms with van der Waals surface area (Å²) in [6.07, 6.45) is 3.10. The standard InChI is InChI=1S/C23H27N7O3S2.C2H6O3S/c1-35(31,32)30-7-5-28(6-8-30)15-16-13-20-21(34-16)23(29-9-11-33-12-10-29)26-22(25-20)17-3-2-4-19-18(17)14-24-27-19;1-2-6(3,4)5/h2-4,13-14H,5-12,15H2,1H3,(H,24,27);2H2,1H3,(H,3,4,5). The van der Waals surface area contributed by atoms with Gasteiger partial charge in [-0.15, -0.1) is 11.3 Å². The van der Waals surface area contributed by atoms with E-state index < -0.39 is 20.1 Å². The number of H-pyrrole nitrogens is 1. The molecule has 0 saturated carbocycles. The molecular weight excluding hydrogens is 591 g/mol. The fraction of sp³-hybridized carbons (Fsp3) is 0.480. The zero-order chi connectivity index (χ0) is 29.2. The Hall–Kier alpha value is -2.73. The van der Waals surface area contributed by atoms with E-state index in [9.17, 15) is 16.8 Å². The van der Waals surface area contributed by atoms with Gasteiger partial charge in [0.2, 0.25) is 10.0 Å². The topological polar surface area (TPSA) is 162 Å². The van der Waals surface area contributed by atoms with Gasteiger partial charge >= 0.3 is 0 Å². The molecule has 0 amide bonds. The molecule has 0 bridgehead atoms. The van der Waals surface area contributed by atoms with E-state index >= 15 is 0 Å². The van der Waals surface area contributed by atoms with Crippen LogP contribution in [0.2, 0.25) is 0 Å². The predicted octanol–water partition coefficient (Wildman–Crippen LogP) is 2.04. The van der Waals surface area contributed by atoms with Crippen LogP contribution < -0.4 is 4.90 Å². The fourth-order valence-electron chi connectivity index (χ4n) is 4.75. The fourth-order valence-corrected chi connectivity index (χ4v) is 6.74. The largest absolute Gasteiger partial charge is 0.378 e. The van der Waals surface area contributed by atoms with Crippen LogP contribution in [0.3, 0.4) is 0 Å². The van der Waals surface area contributed by atoms with Gasteiger partial charge in [-0.2, -0.15) is 17.8 Å². The highest BCUT2D eigenvalue weighted by Crippen LogP contribution is 2.36. The Kier molecular flexibility index (Phi) is 8.89. The molecule has 2 aliphatic heterocycles. The van der Waals surface area contributed by atoms with Gasteiger partial charge in [0.25, 0.3) is 10.1 Å². The number of hydrogen-bond acceptors (Lipinski definition) is 11. The van der Waals surface area contributed by atoms with Gasteiger partial charge < -0.3 is 9.64 Å². The number of fused-ring (bicyclic) bond motifs is 2. The number of thiophene rings is 1. The van der Waals surface area contributed by atoms with Gasteiger partial charge in [-0.05, 0) is 19.1 Å². The molecule has 2 saturated heterocycles. The second kappa shape index (κ2) is 12.2. The first-order valence-electron chi connectivity index (χ1n) is 13.2. The molecule has 6 rings (SSSR count). The Morgan fingerprint density at radius 2 is 1.76 bits per heavy atom. The Morgan fingerprint density at radius 3 is 2.41 bits per heavy atom. The van der Waals surface area contributed by atoms with Gasteiger partial charge in [0, 0.05) is 61.6 Å². The summed E-state index contributed by atoms with van der Waals surface area (Å²) in [7, 11) is -6.80. The number of nitrogens with one attached hydrogen (secondary N) is 1. The summed E-state index contributed by atoms with van der Waals surface area (Å²) in [6.45, 7) is 7.59. The van der Waals surface area contributed by atoms with E-state index in [0.29, 0.717) is 32.1 Å². The number of aromatic nitrogens is 4. The van der Waals surface area contributed by atoms with Crippen molar-refractivity contribution in [3.05, 3.63) is 35.3 Å². The number of anilines is 1. The van der Waals surface area contributed by atoms with Crippen molar-refractivity contribution in [2.45, 2.75) is 13.5 Å². The number of morpholine rings is 1. The lowest BCUT2D eigenvalue weighted by atomic mass is 10.1. The summed E-state index contributed by atoms with van der Waals surface area (Å²) in [5.41, 5.74) is 2.85. The normalized spacial score (nSPS) is 17.6. The number of piperazine rings is 1. The number of aromatic amines is 1. The molecule has 0 unspecified atom stereocenters. The smallest absolute Gasteiger partial charge is 0.264 e. The molecule has 13 nitrogen and oxygen atoms in total. The molecule has 0 aliphatic carbocycles. The van der Waals surface area contributed by atoms with Gasteiger partial charge in [0.1, 0.15) is 0 Å². The predicted molar refractivity (Wildman–Crippen MR) is 159 cm³/mol. The van der Waals surface area contributed by atoms with Crippen LogP contribution in [0.15, 0.2) is 30.5 Å². The van der Waals surface area contributed by atoms with Crippen molar-refractivity contribution < 1.29 is 26.1 Å². The minimum Gasteiger partial charge on any atom is -0.378 e. The van der Waals surface area contributed by atoms with Crippen LogP contribution in [0.4, 0.5) is 5.82 Å². The maximum atomic E-state index is 11.8. The summed E-state index contributed by atoms with van der Waals surface area (Å²) in [4.78, 5) is 15.8. The van der Waals surface area contributed by atoms with Gasteiger partial charge in [-0.3, -0.25) is 14.6 Å². The van der Waals surface area contributed by atoms with Crippen molar-refractivity contribution in [1.29, 1.82) is 0 Å². The van der Waals surface area contributed by atoms with E-state index in [4.69, 9.17) is 19.3 Å². The molecule has 4 aromatic rings. The third-order valence-electron chi connectivity index (χ3n) is 6.99. The van der Waals surface area contributed by atoms with E-state index in [0.717, 1.165) is 65.2 Å². The SMILES string of the molecule is CCS(=O)(=O)O.CS(=O)(=O)N1CCN(Cc2cc3nc(-c4cccc5[nH]ncc45)nc(N4CCOCC4)c3s2)CC1. The Balaban J connectivity index is 0.000000511. The zero-order valence-corrected chi connectivity index (χ0v) is 25.3. The third kappa shape index (κ3) is 7.20. The maximum Gasteiger partial charge on any atom is 0.264 e. The van der Waals surface area contributed by atoms with Crippen LogP contribution in [-0.2, 0) is 31.4 Å². The summed E-state index contributed by atoms with van der Waals surface area (Å²) in [5.74, 6) is 1.44. The molecule has 41 heavy (non-hydrogen) atoms. The molecule has 0 spiro atoms. The minimum atomic E-state index is -3.66. The lowest BCUT2D eigenvalue weighted by molar-refractivity contribution is 0.122. The summed E-state index contributed by atoms with van der Waals surface area (Å²) in [6, 6.07) is 8.19. The average Bonchev–Trinajstić information content (AvgIpc) is 3.59. The lowest BCUT2D eigenvalue weighted by Crippen LogP contribution is -2.47. The molecule has 1 aromatic carbocycles. The molecule has 0 radical (unpaired) electrons. The quantitative estimate of drug-likeness (QED) is 0.302. The Bertz CT molecular complexity index is 1720. The number of benzene rings is 1. The van der Waals surface area contributed by atoms with Crippen LogP contribution in [0.25, 0.3) is 32.5 Å². The van der Waals surface area contributed by atoms with E-state index in [1.54, 1.807) is 15.6 Å². The molecule has 3 aromatic heterocycles. The minimum absolute atomic E-state index is 0.201. The van der Waals surface area contributed by atoms with E-state index in [-0.39, 0.29) is 5.75 Å². The number of rotatable bonds is 6. The molecule has 5 heterocycles. The molecular formula is C25H33N7O6S3. The van der Waals surface area contributed by atoms with Gasteiger partial charge in [-0.25, -0.2) is 18.4 Å². The van der Waals surface area contributed by atoms with E-state index in [1.165, 1.54) is 18.1 Å². The van der Waals surface area contributed by atoms with Crippen molar-refractivity contribution in [3.63, 3.8) is 0 Å². The summed E-state index contributed by atoms with van der Waals surface area (Å²) < 4.78 is 58.8. The molecule has 2 aliphatic rings. The number of hydrogen-bond donors (Lipinski definition) is 2. The van der Waals surface area contributed by atoms with E-state index in [2.05, 4.69) is 26.1 Å². The zero-order valence-electron chi connectivity index (χ0n) is 22.9. The number of sulfonamides is 1. The molecule has 16 heteroatoms. The maximum absolute atomic E-state index is 11.8. The van der Waals surface area contributed by atoms with Crippen molar-refractivity contribution >= 4 is 58.4 Å². The first kappa shape index (κ1) is 29.8. The molecule has 222 valence electrons. The highest BCUT2D eigenvalue weighted by molar-refractivity contribution is 7.88. The lowest BCUT2D eigenvalue weighted by Gasteiger charge is -2.32. The van der Waals surface area contributed by atoms with Crippen LogP contribution in [0.5, 0.6) is 0 Å². The van der Waals surface area contributed by atoms with Gasteiger partial charge in [0.05, 0.1) is 47.2 Å². The number of ether oxygens (including phenoxy) is 1. The Morgan fingerprint density at radius 1 is 1.05 bits per heavy atom. The van der Waals surface area contributed by atoms with Gasteiger partial charge in [-0.1, -0.05) is 12.1 Å². The van der Waals surface area contributed by atoms with Crippen molar-refractivity contribution in [2.24, 2.45) is 0 Å². The second-order valence-corrected chi connectivity index (χ2v) is 14.7. The van der Waals surface area contributed by atoms with Crippen LogP contribution in [0, 0.1) is 0 Å². The van der Waals surface area contributed by atoms with Crippen LogP contribution >= 0.6 is 11.3 Å². The summed E-state index contributed by atoms with van der Waals surface area (Å²) in [5, 5.41) is 8.23. The van der Waals surface area contributed by atoms with Crippen LogP contribution in [0.1, 0.15) is 11.8 Å². The first-order chi connectivity index (χ1) is 19.5. The first-order valence-corrected chi connectivity index (χ1v) is 17.5. The van der Waals surface area contributed by atoms with Gasteiger partial charge in [0.15, 0.2) is 11.6 Å². The van der Waals surface area contributed by atoms with Crippen molar-refractivity contribution in [2.75, 3.05) is 69.4 Å². The highest BCUT2D eigenvalue weighted by Gasteiger charge is 2.25. The van der Waals surface area contributed by atoms with E-state index in [1.807, 2.05) is 24.4 Å². The number of nitrogens with zero attached hydrogens (tertiary/aromatic N) is 6. The molecule has 0 atom stereocenters. The van der Waals surface area contributed by atoms with Crippen molar-refractivity contribution in [3.8, 4) is 11.4 Å². The summed E-state index contributed by atoms with van der Waals surface area (Å²) >= 11 is 1.73. The average molecular weight is 624 g/mol. The molecule has 2 fully saturated rings.